The summed E-state index contributed by atoms with van der Waals surface area (Å²) in [5, 5.41) is 15.8. The maximum absolute atomic E-state index is 12.6. The molecule has 1 aromatic rings. The van der Waals surface area contributed by atoms with Crippen LogP contribution in [0, 0.1) is 11.3 Å². The van der Waals surface area contributed by atoms with E-state index in [1.807, 2.05) is 19.9 Å². The van der Waals surface area contributed by atoms with E-state index in [4.69, 9.17) is 5.26 Å². The molecular formula is C15H20N6O2. The van der Waals surface area contributed by atoms with Gasteiger partial charge in [0.15, 0.2) is 0 Å². The quantitative estimate of drug-likeness (QED) is 0.799. The van der Waals surface area contributed by atoms with Crippen LogP contribution < -0.4 is 5.32 Å². The number of hydrogen-bond donors (Lipinski definition) is 1. The van der Waals surface area contributed by atoms with Gasteiger partial charge in [-0.15, -0.1) is 0 Å². The Morgan fingerprint density at radius 1 is 1.43 bits per heavy atom. The molecule has 0 radical (unpaired) electrons. The number of carbonyl (C=O) groups excluding carboxylic acids is 2. The summed E-state index contributed by atoms with van der Waals surface area (Å²) in [4.78, 5) is 28.1. The number of aromatic nitrogens is 2. The van der Waals surface area contributed by atoms with Crippen LogP contribution in [0.5, 0.6) is 0 Å². The van der Waals surface area contributed by atoms with Crippen LogP contribution in [-0.4, -0.2) is 62.7 Å². The average molecular weight is 316 g/mol. The van der Waals surface area contributed by atoms with Crippen LogP contribution in [0.2, 0.25) is 0 Å². The molecule has 2 saturated heterocycles. The van der Waals surface area contributed by atoms with Gasteiger partial charge in [0.05, 0.1) is 18.3 Å². The predicted molar refractivity (Wildman–Crippen MR) is 81.2 cm³/mol. The van der Waals surface area contributed by atoms with Crippen LogP contribution in [0.1, 0.15) is 25.8 Å². The zero-order chi connectivity index (χ0) is 16.6. The molecule has 2 fully saturated rings. The molecule has 2 aliphatic heterocycles. The smallest absolute Gasteiger partial charge is 0.322 e. The zero-order valence-corrected chi connectivity index (χ0v) is 13.3. The molecule has 0 aliphatic carbocycles. The summed E-state index contributed by atoms with van der Waals surface area (Å²) in [6, 6.07) is 1.62. The molecule has 3 heterocycles. The first kappa shape index (κ1) is 15.5. The summed E-state index contributed by atoms with van der Waals surface area (Å²) in [5.74, 6) is -0.120. The van der Waals surface area contributed by atoms with Crippen molar-refractivity contribution in [1.29, 1.82) is 5.26 Å². The van der Waals surface area contributed by atoms with Gasteiger partial charge in [-0.1, -0.05) is 0 Å². The monoisotopic (exact) mass is 316 g/mol. The van der Waals surface area contributed by atoms with Gasteiger partial charge < -0.3 is 5.32 Å². The first-order valence-electron chi connectivity index (χ1n) is 7.76. The van der Waals surface area contributed by atoms with E-state index in [1.165, 1.54) is 11.1 Å². The minimum absolute atomic E-state index is 0.120. The number of rotatable bonds is 4. The Morgan fingerprint density at radius 2 is 2.22 bits per heavy atom. The van der Waals surface area contributed by atoms with Crippen LogP contribution in [0.25, 0.3) is 0 Å². The standard InChI is InChI=1S/C15H20N6O2/c1-11(2)21-13(22)15(18-14(21)23)3-4-19(10-15)5-6-20-9-12(7-16)8-17-20/h8-9,11H,3-6,10H2,1-2H3,(H,18,23)/t15-/m1/s1. The second kappa shape index (κ2) is 5.66. The second-order valence-electron chi connectivity index (χ2n) is 6.41. The van der Waals surface area contributed by atoms with E-state index in [0.717, 1.165) is 13.1 Å². The SMILES string of the molecule is CC(C)N1C(=O)N[C@@]2(CCN(CCn3cc(C#N)cn3)C2)C1=O. The number of amides is 3. The minimum Gasteiger partial charge on any atom is -0.322 e. The first-order chi connectivity index (χ1) is 10.9. The maximum Gasteiger partial charge on any atom is 0.325 e. The Kier molecular flexibility index (Phi) is 3.82. The largest absolute Gasteiger partial charge is 0.325 e. The van der Waals surface area contributed by atoms with Gasteiger partial charge in [-0.2, -0.15) is 10.4 Å². The fourth-order valence-electron chi connectivity index (χ4n) is 3.25. The van der Waals surface area contributed by atoms with E-state index in [2.05, 4.69) is 15.3 Å². The topological polar surface area (TPSA) is 94.3 Å². The van der Waals surface area contributed by atoms with Crippen molar-refractivity contribution in [2.24, 2.45) is 0 Å². The number of imide groups is 1. The van der Waals surface area contributed by atoms with Gasteiger partial charge in [0.25, 0.3) is 5.91 Å². The van der Waals surface area contributed by atoms with Crippen molar-refractivity contribution in [2.45, 2.75) is 38.4 Å². The van der Waals surface area contributed by atoms with Crippen molar-refractivity contribution in [3.05, 3.63) is 18.0 Å². The van der Waals surface area contributed by atoms with Crippen molar-refractivity contribution in [3.63, 3.8) is 0 Å². The van der Waals surface area contributed by atoms with Crippen molar-refractivity contribution in [3.8, 4) is 6.07 Å². The highest BCUT2D eigenvalue weighted by Crippen LogP contribution is 2.29. The minimum atomic E-state index is -0.775. The molecule has 3 rings (SSSR count). The molecule has 8 heteroatoms. The molecule has 0 aromatic carbocycles. The summed E-state index contributed by atoms with van der Waals surface area (Å²) in [7, 11) is 0. The Hall–Kier alpha value is -2.40. The lowest BCUT2D eigenvalue weighted by atomic mass is 9.99. The molecule has 2 aliphatic rings. The molecule has 1 aromatic heterocycles. The van der Waals surface area contributed by atoms with Crippen LogP contribution in [0.4, 0.5) is 4.79 Å². The number of nitrogens with zero attached hydrogens (tertiary/aromatic N) is 5. The average Bonchev–Trinajstić information content (AvgIpc) is 3.17. The number of carbonyl (C=O) groups is 2. The second-order valence-corrected chi connectivity index (χ2v) is 6.41. The van der Waals surface area contributed by atoms with Crippen molar-refractivity contribution >= 4 is 11.9 Å². The lowest BCUT2D eigenvalue weighted by molar-refractivity contribution is -0.132. The lowest BCUT2D eigenvalue weighted by Gasteiger charge is -2.23. The summed E-state index contributed by atoms with van der Waals surface area (Å²) >= 11 is 0. The first-order valence-corrected chi connectivity index (χ1v) is 7.76. The maximum atomic E-state index is 12.6. The van der Waals surface area contributed by atoms with Crippen LogP contribution in [0.3, 0.4) is 0 Å². The number of nitriles is 1. The highest BCUT2D eigenvalue weighted by atomic mass is 16.2. The van der Waals surface area contributed by atoms with Gasteiger partial charge in [-0.3, -0.25) is 19.3 Å². The molecule has 0 unspecified atom stereocenters. The summed E-state index contributed by atoms with van der Waals surface area (Å²) in [6.07, 6.45) is 3.87. The third-order valence-corrected chi connectivity index (χ3v) is 4.47. The number of nitrogens with one attached hydrogen (secondary N) is 1. The number of hydrogen-bond acceptors (Lipinski definition) is 5. The van der Waals surface area contributed by atoms with Crippen molar-refractivity contribution in [1.82, 2.24) is 24.9 Å². The Morgan fingerprint density at radius 3 is 2.83 bits per heavy atom. The normalized spacial score (nSPS) is 24.7. The number of urea groups is 1. The van der Waals surface area contributed by atoms with E-state index in [0.29, 0.717) is 25.1 Å². The van der Waals surface area contributed by atoms with E-state index < -0.39 is 5.54 Å². The Balaban J connectivity index is 1.61. The number of likely N-dealkylation sites (tertiary alicyclic amines) is 1. The third kappa shape index (κ3) is 2.68. The van der Waals surface area contributed by atoms with Crippen LogP contribution >= 0.6 is 0 Å². The van der Waals surface area contributed by atoms with E-state index in [1.54, 1.807) is 10.9 Å². The Labute approximate surface area is 134 Å². The van der Waals surface area contributed by atoms with E-state index in [9.17, 15) is 9.59 Å². The molecule has 122 valence electrons. The summed E-state index contributed by atoms with van der Waals surface area (Å²) in [5.41, 5.74) is -0.239. The molecule has 23 heavy (non-hydrogen) atoms. The van der Waals surface area contributed by atoms with Gasteiger partial charge >= 0.3 is 6.03 Å². The van der Waals surface area contributed by atoms with Gasteiger partial charge in [0.2, 0.25) is 0 Å². The van der Waals surface area contributed by atoms with Gasteiger partial charge in [-0.05, 0) is 20.3 Å². The zero-order valence-electron chi connectivity index (χ0n) is 13.3. The molecule has 0 saturated carbocycles. The molecule has 3 amide bonds. The van der Waals surface area contributed by atoms with Gasteiger partial charge in [-0.25, -0.2) is 4.79 Å². The van der Waals surface area contributed by atoms with Crippen LogP contribution in [0.15, 0.2) is 12.4 Å². The van der Waals surface area contributed by atoms with E-state index >= 15 is 0 Å². The third-order valence-electron chi connectivity index (χ3n) is 4.47. The lowest BCUT2D eigenvalue weighted by Crippen LogP contribution is -2.49. The molecule has 1 N–H and O–H groups in total. The fraction of sp³-hybridized carbons (Fsp3) is 0.600. The molecule has 8 nitrogen and oxygen atoms in total. The molecular weight excluding hydrogens is 296 g/mol. The predicted octanol–water partition coefficient (Wildman–Crippen LogP) is 0.159. The summed E-state index contributed by atoms with van der Waals surface area (Å²) in [6.45, 7) is 6.33. The van der Waals surface area contributed by atoms with Crippen molar-refractivity contribution < 1.29 is 9.59 Å². The molecule has 0 bridgehead atoms. The highest BCUT2D eigenvalue weighted by molar-refractivity contribution is 6.07. The van der Waals surface area contributed by atoms with Gasteiger partial charge in [0.1, 0.15) is 11.6 Å². The highest BCUT2D eigenvalue weighted by Gasteiger charge is 2.55. The van der Waals surface area contributed by atoms with Gasteiger partial charge in [0, 0.05) is 31.9 Å². The van der Waals surface area contributed by atoms with Crippen LogP contribution in [-0.2, 0) is 11.3 Å². The molecule has 1 atom stereocenters. The van der Waals surface area contributed by atoms with E-state index in [-0.39, 0.29) is 18.0 Å². The van der Waals surface area contributed by atoms with Crippen molar-refractivity contribution in [2.75, 3.05) is 19.6 Å². The molecule has 1 spiro atoms. The summed E-state index contributed by atoms with van der Waals surface area (Å²) < 4.78 is 1.72. The fourth-order valence-corrected chi connectivity index (χ4v) is 3.25. The Bertz CT molecular complexity index is 676.